The normalized spacial score (nSPS) is 19.4. The lowest BCUT2D eigenvalue weighted by Gasteiger charge is -2.30. The van der Waals surface area contributed by atoms with E-state index in [9.17, 15) is 0 Å². The third-order valence-electron chi connectivity index (χ3n) is 2.67. The van der Waals surface area contributed by atoms with Gasteiger partial charge in [-0.3, -0.25) is 4.90 Å². The molecule has 1 heterocycles. The molecule has 1 N–H and O–H groups in total. The molecule has 0 amide bonds. The molecule has 1 aliphatic heterocycles. The largest absolute Gasteiger partial charge is 0.379 e. The van der Waals surface area contributed by atoms with Crippen LogP contribution in [0.5, 0.6) is 0 Å². The number of ether oxygens (including phenoxy) is 1. The van der Waals surface area contributed by atoms with Gasteiger partial charge in [-0.2, -0.15) is 0 Å². The Bertz CT molecular complexity index is 171. The number of nitrogens with one attached hydrogen (secondary N) is 1. The topological polar surface area (TPSA) is 24.5 Å². The van der Waals surface area contributed by atoms with Gasteiger partial charge in [0.25, 0.3) is 0 Å². The summed E-state index contributed by atoms with van der Waals surface area (Å²) in [7, 11) is 0. The molecular weight excluding hydrogens is 235 g/mol. The van der Waals surface area contributed by atoms with Gasteiger partial charge in [0.05, 0.1) is 13.2 Å². The first-order chi connectivity index (χ1) is 7.20. The molecule has 0 aromatic rings. The second-order valence-electron chi connectivity index (χ2n) is 4.21. The van der Waals surface area contributed by atoms with Crippen LogP contribution in [0.2, 0.25) is 0 Å². The molecule has 90 valence electrons. The monoisotopic (exact) mass is 254 g/mol. The second kappa shape index (κ2) is 6.92. The molecule has 0 aliphatic carbocycles. The second-order valence-corrected chi connectivity index (χ2v) is 4.74. The highest BCUT2D eigenvalue weighted by molar-refractivity contribution is 6.22. The first-order valence-electron chi connectivity index (χ1n) is 5.37. The van der Waals surface area contributed by atoms with E-state index in [0.29, 0.717) is 11.8 Å². The van der Waals surface area contributed by atoms with Crippen LogP contribution in [-0.2, 0) is 4.74 Å². The Hall–Kier alpha value is 0.460. The summed E-state index contributed by atoms with van der Waals surface area (Å²) in [4.78, 5) is 2.39. The average Bonchev–Trinajstić information content (AvgIpc) is 2.30. The van der Waals surface area contributed by atoms with Crippen LogP contribution in [0.25, 0.3) is 0 Å². The summed E-state index contributed by atoms with van der Waals surface area (Å²) in [5.74, 6) is 1.08. The highest BCUT2D eigenvalue weighted by Gasteiger charge is 2.21. The molecule has 0 spiro atoms. The van der Waals surface area contributed by atoms with Gasteiger partial charge in [0.2, 0.25) is 0 Å². The number of hydrogen-bond acceptors (Lipinski definition) is 3. The molecule has 1 rings (SSSR count). The van der Waals surface area contributed by atoms with Gasteiger partial charge in [0, 0.05) is 43.5 Å². The van der Waals surface area contributed by atoms with Crippen LogP contribution >= 0.6 is 23.2 Å². The Morgan fingerprint density at radius 3 is 2.40 bits per heavy atom. The standard InChI is InChI=1S/C10H20Cl2N2O/c1-10(8-11,9-12)13-2-3-14-4-6-15-7-5-14/h13H,2-9H2,1H3. The Labute approximate surface area is 102 Å². The van der Waals surface area contributed by atoms with Crippen molar-refractivity contribution >= 4 is 23.2 Å². The van der Waals surface area contributed by atoms with E-state index in [1.165, 1.54) is 0 Å². The maximum Gasteiger partial charge on any atom is 0.0594 e. The molecule has 0 aromatic carbocycles. The van der Waals surface area contributed by atoms with Crippen molar-refractivity contribution in [3.63, 3.8) is 0 Å². The fourth-order valence-corrected chi connectivity index (χ4v) is 1.95. The molecule has 0 unspecified atom stereocenters. The van der Waals surface area contributed by atoms with Crippen molar-refractivity contribution in [3.8, 4) is 0 Å². The Kier molecular flexibility index (Phi) is 6.24. The third kappa shape index (κ3) is 4.87. The molecule has 3 nitrogen and oxygen atoms in total. The van der Waals surface area contributed by atoms with Crippen molar-refractivity contribution in [2.75, 3.05) is 51.2 Å². The number of rotatable bonds is 6. The summed E-state index contributed by atoms with van der Waals surface area (Å²) < 4.78 is 5.28. The van der Waals surface area contributed by atoms with Gasteiger partial charge >= 0.3 is 0 Å². The molecule has 0 aromatic heterocycles. The first-order valence-corrected chi connectivity index (χ1v) is 6.44. The quantitative estimate of drug-likeness (QED) is 0.720. The zero-order valence-corrected chi connectivity index (χ0v) is 10.8. The van der Waals surface area contributed by atoms with Crippen LogP contribution in [0.3, 0.4) is 0 Å². The molecule has 0 atom stereocenters. The zero-order chi connectivity index (χ0) is 11.1. The average molecular weight is 255 g/mol. The molecule has 15 heavy (non-hydrogen) atoms. The Morgan fingerprint density at radius 2 is 1.87 bits per heavy atom. The summed E-state index contributed by atoms with van der Waals surface area (Å²) >= 11 is 11.7. The summed E-state index contributed by atoms with van der Waals surface area (Å²) in [6, 6.07) is 0. The number of halogens is 2. The lowest BCUT2D eigenvalue weighted by Crippen LogP contribution is -2.49. The molecule has 1 aliphatic rings. The minimum absolute atomic E-state index is 0.143. The fraction of sp³-hybridized carbons (Fsp3) is 1.00. The zero-order valence-electron chi connectivity index (χ0n) is 9.27. The van der Waals surface area contributed by atoms with Gasteiger partial charge in [-0.15, -0.1) is 23.2 Å². The smallest absolute Gasteiger partial charge is 0.0594 e. The van der Waals surface area contributed by atoms with Crippen LogP contribution in [0, 0.1) is 0 Å². The molecule has 1 saturated heterocycles. The third-order valence-corrected chi connectivity index (χ3v) is 3.85. The van der Waals surface area contributed by atoms with E-state index in [1.54, 1.807) is 0 Å². The lowest BCUT2D eigenvalue weighted by atomic mass is 10.1. The molecule has 1 fully saturated rings. The van der Waals surface area contributed by atoms with Crippen molar-refractivity contribution in [2.24, 2.45) is 0 Å². The minimum atomic E-state index is -0.143. The van der Waals surface area contributed by atoms with Crippen molar-refractivity contribution in [1.29, 1.82) is 0 Å². The van der Waals surface area contributed by atoms with E-state index in [0.717, 1.165) is 39.4 Å². The number of hydrogen-bond donors (Lipinski definition) is 1. The predicted molar refractivity (Wildman–Crippen MR) is 65.1 cm³/mol. The number of alkyl halides is 2. The summed E-state index contributed by atoms with van der Waals surface area (Å²) in [6.45, 7) is 7.76. The van der Waals surface area contributed by atoms with Crippen LogP contribution < -0.4 is 5.32 Å². The van der Waals surface area contributed by atoms with E-state index in [-0.39, 0.29) is 5.54 Å². The van der Waals surface area contributed by atoms with Gasteiger partial charge in [0.1, 0.15) is 0 Å². The molecule has 0 radical (unpaired) electrons. The molecule has 5 heteroatoms. The van der Waals surface area contributed by atoms with Crippen molar-refractivity contribution in [1.82, 2.24) is 10.2 Å². The van der Waals surface area contributed by atoms with Crippen molar-refractivity contribution in [3.05, 3.63) is 0 Å². The number of nitrogens with zero attached hydrogens (tertiary/aromatic N) is 1. The van der Waals surface area contributed by atoms with Crippen LogP contribution in [0.15, 0.2) is 0 Å². The lowest BCUT2D eigenvalue weighted by molar-refractivity contribution is 0.0378. The Balaban J connectivity index is 2.14. The predicted octanol–water partition coefficient (Wildman–Crippen LogP) is 1.14. The van der Waals surface area contributed by atoms with Gasteiger partial charge in [-0.05, 0) is 6.92 Å². The number of morpholine rings is 1. The van der Waals surface area contributed by atoms with Crippen LogP contribution in [0.1, 0.15) is 6.92 Å². The van der Waals surface area contributed by atoms with Crippen LogP contribution in [0.4, 0.5) is 0 Å². The summed E-state index contributed by atoms with van der Waals surface area (Å²) in [6.07, 6.45) is 0. The first kappa shape index (κ1) is 13.5. The van der Waals surface area contributed by atoms with E-state index in [4.69, 9.17) is 27.9 Å². The van der Waals surface area contributed by atoms with Gasteiger partial charge in [-0.1, -0.05) is 0 Å². The highest BCUT2D eigenvalue weighted by atomic mass is 35.5. The molecule has 0 bridgehead atoms. The Morgan fingerprint density at radius 1 is 1.27 bits per heavy atom. The SMILES string of the molecule is CC(CCl)(CCl)NCCN1CCOCC1. The highest BCUT2D eigenvalue weighted by Crippen LogP contribution is 2.08. The van der Waals surface area contributed by atoms with Crippen LogP contribution in [-0.4, -0.2) is 61.6 Å². The van der Waals surface area contributed by atoms with E-state index in [1.807, 2.05) is 6.92 Å². The van der Waals surface area contributed by atoms with E-state index >= 15 is 0 Å². The maximum atomic E-state index is 5.85. The minimum Gasteiger partial charge on any atom is -0.379 e. The van der Waals surface area contributed by atoms with Gasteiger partial charge < -0.3 is 10.1 Å². The van der Waals surface area contributed by atoms with Gasteiger partial charge in [-0.25, -0.2) is 0 Å². The molecular formula is C10H20Cl2N2O. The van der Waals surface area contributed by atoms with Crippen molar-refractivity contribution < 1.29 is 4.74 Å². The van der Waals surface area contributed by atoms with E-state index in [2.05, 4.69) is 10.2 Å². The van der Waals surface area contributed by atoms with E-state index < -0.39 is 0 Å². The summed E-state index contributed by atoms with van der Waals surface area (Å²) in [5.41, 5.74) is -0.143. The summed E-state index contributed by atoms with van der Waals surface area (Å²) in [5, 5.41) is 3.40. The van der Waals surface area contributed by atoms with Gasteiger partial charge in [0.15, 0.2) is 0 Å². The fourth-order valence-electron chi connectivity index (χ4n) is 1.47. The maximum absolute atomic E-state index is 5.85. The van der Waals surface area contributed by atoms with Crippen molar-refractivity contribution in [2.45, 2.75) is 12.5 Å². The molecule has 0 saturated carbocycles.